The Labute approximate surface area is 148 Å². The zero-order chi connectivity index (χ0) is 17.1. The quantitative estimate of drug-likeness (QED) is 0.872. The van der Waals surface area contributed by atoms with Gasteiger partial charge in [-0.2, -0.15) is 0 Å². The van der Waals surface area contributed by atoms with Gasteiger partial charge in [0.15, 0.2) is 0 Å². The van der Waals surface area contributed by atoms with E-state index in [1.807, 2.05) is 42.5 Å². The van der Waals surface area contributed by atoms with Crippen LogP contribution in [0.5, 0.6) is 5.75 Å². The van der Waals surface area contributed by atoms with Crippen molar-refractivity contribution in [3.05, 3.63) is 53.0 Å². The van der Waals surface area contributed by atoms with Gasteiger partial charge in [0, 0.05) is 34.9 Å². The van der Waals surface area contributed by atoms with Crippen molar-refractivity contribution in [3.63, 3.8) is 0 Å². The van der Waals surface area contributed by atoms with Crippen LogP contribution >= 0.6 is 15.9 Å². The molecule has 3 rings (SSSR count). The number of rotatable bonds is 4. The Morgan fingerprint density at radius 1 is 1.25 bits per heavy atom. The fraction of sp³-hybridized carbons (Fsp3) is 0.222. The second-order valence-electron chi connectivity index (χ2n) is 5.60. The first-order valence-corrected chi connectivity index (χ1v) is 8.37. The fourth-order valence-electron chi connectivity index (χ4n) is 2.69. The zero-order valence-corrected chi connectivity index (χ0v) is 14.7. The fourth-order valence-corrected chi connectivity index (χ4v) is 2.95. The summed E-state index contributed by atoms with van der Waals surface area (Å²) < 4.78 is 6.14. The number of amides is 2. The lowest BCUT2D eigenvalue weighted by Crippen LogP contribution is -2.28. The van der Waals surface area contributed by atoms with E-state index < -0.39 is 0 Å². The molecule has 1 aliphatic heterocycles. The van der Waals surface area contributed by atoms with Crippen LogP contribution in [0.1, 0.15) is 6.42 Å². The minimum Gasteiger partial charge on any atom is -0.497 e. The number of carbonyl (C=O) groups excluding carboxylic acids is 2. The average molecular weight is 389 g/mol. The summed E-state index contributed by atoms with van der Waals surface area (Å²) >= 11 is 3.36. The Kier molecular flexibility index (Phi) is 4.85. The highest BCUT2D eigenvalue weighted by atomic mass is 79.9. The van der Waals surface area contributed by atoms with Crippen molar-refractivity contribution in [2.45, 2.75) is 6.42 Å². The van der Waals surface area contributed by atoms with Gasteiger partial charge >= 0.3 is 0 Å². The van der Waals surface area contributed by atoms with Gasteiger partial charge < -0.3 is 15.0 Å². The number of hydrogen-bond donors (Lipinski definition) is 1. The SMILES string of the molecule is COc1cccc(N2C[C@@H](C(=O)Nc3ccc(Br)cc3)CC2=O)c1. The third-order valence-corrected chi connectivity index (χ3v) is 4.50. The minimum atomic E-state index is -0.368. The number of methoxy groups -OCH3 is 1. The van der Waals surface area contributed by atoms with Crippen LogP contribution in [-0.4, -0.2) is 25.5 Å². The van der Waals surface area contributed by atoms with Gasteiger partial charge in [0.05, 0.1) is 13.0 Å². The van der Waals surface area contributed by atoms with E-state index in [1.165, 1.54) is 0 Å². The van der Waals surface area contributed by atoms with Crippen LogP contribution in [0.25, 0.3) is 0 Å². The number of halogens is 1. The van der Waals surface area contributed by atoms with Gasteiger partial charge in [0.2, 0.25) is 11.8 Å². The molecular formula is C18H17BrN2O3. The summed E-state index contributed by atoms with van der Waals surface area (Å²) in [6.45, 7) is 0.369. The molecular weight excluding hydrogens is 372 g/mol. The van der Waals surface area contributed by atoms with E-state index in [9.17, 15) is 9.59 Å². The predicted molar refractivity (Wildman–Crippen MR) is 96.2 cm³/mol. The molecule has 24 heavy (non-hydrogen) atoms. The van der Waals surface area contributed by atoms with Crippen LogP contribution in [-0.2, 0) is 9.59 Å². The Morgan fingerprint density at radius 2 is 2.00 bits per heavy atom. The molecule has 0 aromatic heterocycles. The molecule has 1 saturated heterocycles. The first-order chi connectivity index (χ1) is 11.6. The van der Waals surface area contributed by atoms with Crippen molar-refractivity contribution in [2.24, 2.45) is 5.92 Å². The average Bonchev–Trinajstić information content (AvgIpc) is 2.99. The van der Waals surface area contributed by atoms with E-state index in [4.69, 9.17) is 4.74 Å². The lowest BCUT2D eigenvalue weighted by atomic mass is 10.1. The summed E-state index contributed by atoms with van der Waals surface area (Å²) in [7, 11) is 1.58. The molecule has 2 amide bonds. The van der Waals surface area contributed by atoms with Crippen molar-refractivity contribution in [2.75, 3.05) is 23.9 Å². The molecule has 0 saturated carbocycles. The predicted octanol–water partition coefficient (Wildman–Crippen LogP) is 3.45. The molecule has 0 unspecified atom stereocenters. The maximum Gasteiger partial charge on any atom is 0.229 e. The van der Waals surface area contributed by atoms with Gasteiger partial charge in [0.25, 0.3) is 0 Å². The van der Waals surface area contributed by atoms with E-state index >= 15 is 0 Å². The highest BCUT2D eigenvalue weighted by Gasteiger charge is 2.35. The van der Waals surface area contributed by atoms with E-state index in [0.717, 1.165) is 15.8 Å². The molecule has 1 aliphatic rings. The van der Waals surface area contributed by atoms with Crippen molar-refractivity contribution < 1.29 is 14.3 Å². The second-order valence-corrected chi connectivity index (χ2v) is 6.52. The number of carbonyl (C=O) groups is 2. The van der Waals surface area contributed by atoms with Gasteiger partial charge in [-0.15, -0.1) is 0 Å². The molecule has 1 atom stereocenters. The first kappa shape index (κ1) is 16.5. The maximum absolute atomic E-state index is 12.4. The molecule has 0 bridgehead atoms. The largest absolute Gasteiger partial charge is 0.497 e. The number of ether oxygens (including phenoxy) is 1. The van der Waals surface area contributed by atoms with E-state index in [-0.39, 0.29) is 24.2 Å². The maximum atomic E-state index is 12.4. The van der Waals surface area contributed by atoms with Crippen LogP contribution in [0, 0.1) is 5.92 Å². The Balaban J connectivity index is 1.69. The van der Waals surface area contributed by atoms with E-state index in [0.29, 0.717) is 12.3 Å². The van der Waals surface area contributed by atoms with Crippen LogP contribution in [0.3, 0.4) is 0 Å². The van der Waals surface area contributed by atoms with Gasteiger partial charge in [-0.3, -0.25) is 9.59 Å². The normalized spacial score (nSPS) is 17.0. The van der Waals surface area contributed by atoms with E-state index in [2.05, 4.69) is 21.2 Å². The highest BCUT2D eigenvalue weighted by molar-refractivity contribution is 9.10. The molecule has 0 radical (unpaired) electrons. The highest BCUT2D eigenvalue weighted by Crippen LogP contribution is 2.28. The first-order valence-electron chi connectivity index (χ1n) is 7.57. The summed E-state index contributed by atoms with van der Waals surface area (Å²) in [5, 5.41) is 2.86. The number of hydrogen-bond acceptors (Lipinski definition) is 3. The third kappa shape index (κ3) is 3.59. The molecule has 124 valence electrons. The second kappa shape index (κ2) is 7.05. The lowest BCUT2D eigenvalue weighted by Gasteiger charge is -2.17. The van der Waals surface area contributed by atoms with Crippen molar-refractivity contribution >= 4 is 39.1 Å². The van der Waals surface area contributed by atoms with Gasteiger partial charge in [-0.05, 0) is 36.4 Å². The smallest absolute Gasteiger partial charge is 0.229 e. The van der Waals surface area contributed by atoms with Crippen molar-refractivity contribution in [1.82, 2.24) is 0 Å². The molecule has 6 heteroatoms. The molecule has 0 spiro atoms. The van der Waals surface area contributed by atoms with Gasteiger partial charge in [-0.25, -0.2) is 0 Å². The Morgan fingerprint density at radius 3 is 2.71 bits per heavy atom. The van der Waals surface area contributed by atoms with Gasteiger partial charge in [-0.1, -0.05) is 22.0 Å². The number of nitrogens with one attached hydrogen (secondary N) is 1. The van der Waals surface area contributed by atoms with Crippen LogP contribution in [0.2, 0.25) is 0 Å². The molecule has 2 aromatic carbocycles. The van der Waals surface area contributed by atoms with Crippen LogP contribution < -0.4 is 15.0 Å². The molecule has 1 fully saturated rings. The Bertz CT molecular complexity index is 761. The summed E-state index contributed by atoms with van der Waals surface area (Å²) in [6, 6.07) is 14.6. The summed E-state index contributed by atoms with van der Waals surface area (Å²) in [5.74, 6) is 0.116. The zero-order valence-electron chi connectivity index (χ0n) is 13.2. The third-order valence-electron chi connectivity index (χ3n) is 3.97. The molecule has 0 aliphatic carbocycles. The summed E-state index contributed by atoms with van der Waals surface area (Å²) in [5.41, 5.74) is 1.47. The van der Waals surface area contributed by atoms with Crippen LogP contribution in [0.15, 0.2) is 53.0 Å². The monoisotopic (exact) mass is 388 g/mol. The lowest BCUT2D eigenvalue weighted by molar-refractivity contribution is -0.122. The van der Waals surface area contributed by atoms with Crippen LogP contribution in [0.4, 0.5) is 11.4 Å². The molecule has 5 nitrogen and oxygen atoms in total. The number of benzene rings is 2. The summed E-state index contributed by atoms with van der Waals surface area (Å²) in [4.78, 5) is 26.3. The van der Waals surface area contributed by atoms with Crippen molar-refractivity contribution in [1.29, 1.82) is 0 Å². The topological polar surface area (TPSA) is 58.6 Å². The summed E-state index contributed by atoms with van der Waals surface area (Å²) in [6.07, 6.45) is 0.208. The minimum absolute atomic E-state index is 0.0563. The number of anilines is 2. The molecule has 1 heterocycles. The van der Waals surface area contributed by atoms with Crippen molar-refractivity contribution in [3.8, 4) is 5.75 Å². The molecule has 2 aromatic rings. The number of nitrogens with zero attached hydrogens (tertiary/aromatic N) is 1. The molecule has 1 N–H and O–H groups in total. The van der Waals surface area contributed by atoms with Gasteiger partial charge in [0.1, 0.15) is 5.75 Å². The van der Waals surface area contributed by atoms with E-state index in [1.54, 1.807) is 18.1 Å². The Hall–Kier alpha value is -2.34. The standard InChI is InChI=1S/C18H17BrN2O3/c1-24-16-4-2-3-15(10-16)21-11-12(9-17(21)22)18(23)20-14-7-5-13(19)6-8-14/h2-8,10,12H,9,11H2,1H3,(H,20,23)/t12-/m0/s1.